The third kappa shape index (κ3) is 7.68. The minimum absolute atomic E-state index is 0.627. The van der Waals surface area contributed by atoms with E-state index in [4.69, 9.17) is 9.72 Å². The Morgan fingerprint density at radius 1 is 0.413 bits per heavy atom. The van der Waals surface area contributed by atoms with Crippen LogP contribution in [0, 0.1) is 10.7 Å². The number of aromatic nitrogens is 4. The number of benzene rings is 10. The Labute approximate surface area is 445 Å². The number of fused-ring (bicyclic) bond motifs is 7. The van der Waals surface area contributed by atoms with Crippen LogP contribution in [0.4, 0.5) is 11.5 Å². The fourth-order valence-electron chi connectivity index (χ4n) is 11.3. The average molecular weight is 1150 g/mol. The Hall–Kier alpha value is -9.09. The summed E-state index contributed by atoms with van der Waals surface area (Å²) < 4.78 is 15.1. The third-order valence-electron chi connectivity index (χ3n) is 14.7. The molecule has 3 aromatic heterocycles. The van der Waals surface area contributed by atoms with Crippen molar-refractivity contribution < 1.29 is 24.1 Å². The second-order valence-electron chi connectivity index (χ2n) is 19.1. The molecule has 0 N–H and O–H groups in total. The maximum absolute atomic E-state index is 6.95. The standard InChI is InChI=1S/C68H47N5O.Pt/c1-46-39-67(69-43-61(46)49-23-9-4-10-24-49)70-44-50-40-52(73-62-31-13-11-27-58(62)59-28-12-14-32-63(59)73)35-37-55(50)60-38-36-54(42-66(60)70)74-53-26-17-25-51(41-53)71-45-72(65-34-16-15-33-64(65)71)68-56(47-19-5-2-6-20-47)29-18-30-57(68)48-21-7-3-8-22-48;/h2-43H,44H2,1H3;. The van der Waals surface area contributed by atoms with E-state index < -0.39 is 0 Å². The number of nitrogens with zero attached hydrogens (tertiary/aromatic N) is 5. The van der Waals surface area contributed by atoms with E-state index in [1.54, 1.807) is 0 Å². The summed E-state index contributed by atoms with van der Waals surface area (Å²) in [6.07, 6.45) is 2.02. The van der Waals surface area contributed by atoms with E-state index in [1.807, 2.05) is 12.3 Å². The van der Waals surface area contributed by atoms with Gasteiger partial charge in [-0.2, -0.15) is 0 Å². The Bertz CT molecular complexity index is 4290. The molecule has 0 spiro atoms. The van der Waals surface area contributed by atoms with Crippen LogP contribution in [0.3, 0.4) is 0 Å². The first-order chi connectivity index (χ1) is 37.0. The molecular weight excluding hydrogens is 1100 g/mol. The van der Waals surface area contributed by atoms with Gasteiger partial charge in [-0.05, 0) is 42.3 Å². The summed E-state index contributed by atoms with van der Waals surface area (Å²) >= 11 is 2.51. The summed E-state index contributed by atoms with van der Waals surface area (Å²) in [4.78, 5) is 7.55. The molecule has 0 unspecified atom stereocenters. The molecule has 14 rings (SSSR count). The van der Waals surface area contributed by atoms with E-state index in [1.165, 1.54) is 32.9 Å². The monoisotopic (exact) mass is 1140 g/mol. The van der Waals surface area contributed by atoms with Gasteiger partial charge in [0.05, 0.1) is 11.0 Å². The molecule has 0 saturated heterocycles. The normalized spacial score (nSPS) is 12.1. The summed E-state index contributed by atoms with van der Waals surface area (Å²) in [6.45, 7) is 2.81. The van der Waals surface area contributed by atoms with Gasteiger partial charge in [0.25, 0.3) is 0 Å². The zero-order chi connectivity index (χ0) is 50.0. The van der Waals surface area contributed by atoms with Gasteiger partial charge in [0.1, 0.15) is 0 Å². The molecule has 6 nitrogen and oxygen atoms in total. The molecule has 0 aliphatic carbocycles. The van der Waals surface area contributed by atoms with Crippen molar-refractivity contribution in [3.05, 3.63) is 270 Å². The Kier molecular flexibility index (Phi) is 11.0. The minimum atomic E-state index is 0.627. The molecule has 1 aliphatic heterocycles. The topological polar surface area (TPSA) is 40.1 Å². The summed E-state index contributed by atoms with van der Waals surface area (Å²) in [5.41, 5.74) is 20.5. The number of ether oxygens (including phenoxy) is 1. The van der Waals surface area contributed by atoms with Crippen molar-refractivity contribution in [2.24, 2.45) is 0 Å². The Morgan fingerprint density at radius 2 is 0.947 bits per heavy atom. The van der Waals surface area contributed by atoms with Crippen molar-refractivity contribution >= 4 is 44.3 Å². The number of pyridine rings is 1. The van der Waals surface area contributed by atoms with Crippen LogP contribution in [0.1, 0.15) is 11.1 Å². The number of hydrogen-bond acceptors (Lipinski definition) is 3. The quantitative estimate of drug-likeness (QED) is 0.145. The van der Waals surface area contributed by atoms with Gasteiger partial charge in [-0.3, -0.25) is 0 Å². The average Bonchev–Trinajstić information content (AvgIpc) is 4.01. The first-order valence-electron chi connectivity index (χ1n) is 25.3. The van der Waals surface area contributed by atoms with Gasteiger partial charge in [0.15, 0.2) is 0 Å². The predicted molar refractivity (Wildman–Crippen MR) is 303 cm³/mol. The molecule has 75 heavy (non-hydrogen) atoms. The second-order valence-corrected chi connectivity index (χ2v) is 20.2. The zero-order valence-electron chi connectivity index (χ0n) is 40.9. The maximum atomic E-state index is 6.95. The molecule has 4 heterocycles. The van der Waals surface area contributed by atoms with Crippen molar-refractivity contribution in [2.45, 2.75) is 13.5 Å². The molecular formula is C68H47N5OPt. The van der Waals surface area contributed by atoms with Crippen LogP contribution >= 0.6 is 0 Å². The predicted octanol–water partition coefficient (Wildman–Crippen LogP) is 17.4. The molecule has 10 aromatic carbocycles. The van der Waals surface area contributed by atoms with Crippen molar-refractivity contribution in [1.29, 1.82) is 0 Å². The molecule has 0 bridgehead atoms. The summed E-state index contributed by atoms with van der Waals surface area (Å²) in [5, 5.41) is 2.49. The van der Waals surface area contributed by atoms with Gasteiger partial charge >= 0.3 is 296 Å². The third-order valence-corrected chi connectivity index (χ3v) is 15.7. The molecule has 1 aliphatic rings. The van der Waals surface area contributed by atoms with E-state index in [0.717, 1.165) is 99.4 Å². The number of para-hydroxylation sites is 5. The minimum Gasteiger partial charge on any atom is -0.0622 e. The first-order valence-corrected chi connectivity index (χ1v) is 26.4. The number of hydrogen-bond donors (Lipinski definition) is 0. The van der Waals surface area contributed by atoms with Crippen LogP contribution < -0.4 is 9.64 Å². The summed E-state index contributed by atoms with van der Waals surface area (Å²) in [5.74, 6) is 2.36. The second kappa shape index (κ2) is 18.4. The zero-order valence-corrected chi connectivity index (χ0v) is 43.2. The molecule has 0 saturated carbocycles. The molecule has 0 fully saturated rings. The van der Waals surface area contributed by atoms with Crippen molar-refractivity contribution in [3.8, 4) is 73.1 Å². The van der Waals surface area contributed by atoms with Crippen LogP contribution in [0.2, 0.25) is 0 Å². The molecule has 0 amide bonds. The van der Waals surface area contributed by atoms with E-state index >= 15 is 0 Å². The van der Waals surface area contributed by atoms with Gasteiger partial charge < -0.3 is 4.57 Å². The van der Waals surface area contributed by atoms with E-state index in [2.05, 4.69) is 288 Å². The van der Waals surface area contributed by atoms with Gasteiger partial charge in [-0.1, -0.05) is 66.7 Å². The molecule has 0 atom stereocenters. The van der Waals surface area contributed by atoms with Crippen LogP contribution in [0.15, 0.2) is 255 Å². The van der Waals surface area contributed by atoms with Crippen LogP contribution in [0.25, 0.3) is 94.4 Å². The fraction of sp³-hybridized carbons (Fsp3) is 0.0294. The van der Waals surface area contributed by atoms with Gasteiger partial charge in [-0.25, -0.2) is 0 Å². The van der Waals surface area contributed by atoms with Crippen molar-refractivity contribution in [2.75, 3.05) is 4.90 Å². The molecule has 13 aromatic rings. The number of imidazole rings is 1. The van der Waals surface area contributed by atoms with Gasteiger partial charge in [0, 0.05) is 28.2 Å². The summed E-state index contributed by atoms with van der Waals surface area (Å²) in [6, 6.07) is 88.7. The van der Waals surface area contributed by atoms with Crippen LogP contribution in [-0.2, 0) is 25.9 Å². The van der Waals surface area contributed by atoms with Crippen molar-refractivity contribution in [1.82, 2.24) is 18.7 Å². The Morgan fingerprint density at radius 3 is 1.59 bits per heavy atom. The SMILES string of the molecule is Cc1cc(N2Cc3cc(-n4c5ccccc5c5ccccc54)ccc3-c3ccc(Oc4cccc(-n5[c](=[Pt])n(-c6c(-c7ccccc7)cccc6-c6ccccc6)c6ccccc65)c4)cc32)ncc1-c1ccccc1. The number of aryl methyl sites for hydroxylation is 1. The smallest absolute Gasteiger partial charge is 0.0622 e. The number of rotatable bonds is 9. The van der Waals surface area contributed by atoms with E-state index in [0.29, 0.717) is 6.54 Å². The van der Waals surface area contributed by atoms with Crippen LogP contribution in [-0.4, -0.2) is 18.7 Å². The van der Waals surface area contributed by atoms with Gasteiger partial charge in [-0.15, -0.1) is 0 Å². The summed E-state index contributed by atoms with van der Waals surface area (Å²) in [7, 11) is 0. The van der Waals surface area contributed by atoms with Gasteiger partial charge in [0.2, 0.25) is 0 Å². The first kappa shape index (κ1) is 44.6. The fourth-order valence-corrected chi connectivity index (χ4v) is 12.4. The van der Waals surface area contributed by atoms with Crippen LogP contribution in [0.5, 0.6) is 11.5 Å². The molecule has 0 radical (unpaired) electrons. The van der Waals surface area contributed by atoms with Crippen molar-refractivity contribution in [3.63, 3.8) is 0 Å². The van der Waals surface area contributed by atoms with E-state index in [9.17, 15) is 0 Å². The van der Waals surface area contributed by atoms with E-state index in [-0.39, 0.29) is 0 Å². The molecule has 360 valence electrons. The number of anilines is 2. The molecule has 7 heteroatoms. The Balaban J connectivity index is 0.875.